The number of aromatic nitrogens is 2. The highest BCUT2D eigenvalue weighted by atomic mass is 16.5. The number of ether oxygens (including phenoxy) is 2. The first-order valence-corrected chi connectivity index (χ1v) is 11.9. The molecular weight excluding hydrogens is 456 g/mol. The number of para-hydroxylation sites is 1. The van der Waals surface area contributed by atoms with Crippen molar-refractivity contribution < 1.29 is 19.1 Å². The summed E-state index contributed by atoms with van der Waals surface area (Å²) in [6.45, 7) is 0.346. The molecule has 1 fully saturated rings. The predicted molar refractivity (Wildman–Crippen MR) is 134 cm³/mol. The summed E-state index contributed by atoms with van der Waals surface area (Å²) in [5.41, 5.74) is 4.59. The van der Waals surface area contributed by atoms with Gasteiger partial charge in [-0.2, -0.15) is 0 Å². The zero-order chi connectivity index (χ0) is 24.8. The van der Waals surface area contributed by atoms with E-state index >= 15 is 0 Å². The minimum Gasteiger partial charge on any atom is -0.497 e. The van der Waals surface area contributed by atoms with Gasteiger partial charge >= 0.3 is 0 Å². The van der Waals surface area contributed by atoms with Crippen LogP contribution in [0, 0.1) is 0 Å². The molecule has 4 aromatic rings. The molecule has 0 spiro atoms. The van der Waals surface area contributed by atoms with Crippen LogP contribution in [0.4, 0.5) is 0 Å². The molecule has 2 amide bonds. The van der Waals surface area contributed by atoms with Crippen LogP contribution in [0.2, 0.25) is 0 Å². The topological polar surface area (TPSA) is 87.8 Å². The maximum absolute atomic E-state index is 13.9. The Morgan fingerprint density at radius 2 is 1.92 bits per heavy atom. The van der Waals surface area contributed by atoms with Gasteiger partial charge in [-0.05, 0) is 41.5 Å². The minimum absolute atomic E-state index is 0.00255. The second-order valence-electron chi connectivity index (χ2n) is 9.15. The SMILES string of the molecule is COc1ccc(OC)c([C@@H]2c3[nH]c4ccccc4c3C[C@H]3C(=O)N(Cc4cccnc4)CC(=O)N23)c1. The van der Waals surface area contributed by atoms with Crippen molar-refractivity contribution >= 4 is 22.7 Å². The zero-order valence-electron chi connectivity index (χ0n) is 20.1. The Bertz CT molecular complexity index is 1470. The first-order chi connectivity index (χ1) is 17.6. The summed E-state index contributed by atoms with van der Waals surface area (Å²) in [5.74, 6) is 1.10. The van der Waals surface area contributed by atoms with Crippen LogP contribution in [0.25, 0.3) is 10.9 Å². The number of nitrogens with zero attached hydrogens (tertiary/aromatic N) is 3. The second-order valence-corrected chi connectivity index (χ2v) is 9.15. The van der Waals surface area contributed by atoms with Crippen molar-refractivity contribution in [1.29, 1.82) is 0 Å². The molecule has 0 saturated carbocycles. The smallest absolute Gasteiger partial charge is 0.246 e. The number of piperazine rings is 1. The molecule has 36 heavy (non-hydrogen) atoms. The lowest BCUT2D eigenvalue weighted by atomic mass is 9.85. The summed E-state index contributed by atoms with van der Waals surface area (Å²) in [7, 11) is 3.21. The summed E-state index contributed by atoms with van der Waals surface area (Å²) in [4.78, 5) is 38.7. The molecule has 2 aromatic carbocycles. The van der Waals surface area contributed by atoms with Gasteiger partial charge in [-0.15, -0.1) is 0 Å². The van der Waals surface area contributed by atoms with E-state index in [1.165, 1.54) is 0 Å². The number of amides is 2. The molecule has 8 nitrogen and oxygen atoms in total. The van der Waals surface area contributed by atoms with Crippen LogP contribution in [0.15, 0.2) is 67.0 Å². The molecule has 0 aliphatic carbocycles. The van der Waals surface area contributed by atoms with Crippen LogP contribution in [-0.2, 0) is 22.6 Å². The van der Waals surface area contributed by atoms with E-state index in [0.717, 1.165) is 33.3 Å². The molecule has 1 N–H and O–H groups in total. The van der Waals surface area contributed by atoms with E-state index in [0.29, 0.717) is 24.5 Å². The molecule has 2 aliphatic heterocycles. The van der Waals surface area contributed by atoms with Gasteiger partial charge in [-0.25, -0.2) is 0 Å². The van der Waals surface area contributed by atoms with E-state index in [2.05, 4.69) is 16.0 Å². The summed E-state index contributed by atoms with van der Waals surface area (Å²) in [5, 5.41) is 1.06. The third kappa shape index (κ3) is 3.48. The van der Waals surface area contributed by atoms with Gasteiger partial charge in [0.15, 0.2) is 0 Å². The largest absolute Gasteiger partial charge is 0.497 e. The van der Waals surface area contributed by atoms with E-state index in [1.807, 2.05) is 48.5 Å². The van der Waals surface area contributed by atoms with Gasteiger partial charge in [0, 0.05) is 47.5 Å². The number of nitrogens with one attached hydrogen (secondary N) is 1. The molecule has 4 heterocycles. The lowest BCUT2D eigenvalue weighted by molar-refractivity contribution is -0.159. The van der Waals surface area contributed by atoms with Crippen LogP contribution in [0.5, 0.6) is 11.5 Å². The monoisotopic (exact) mass is 482 g/mol. The van der Waals surface area contributed by atoms with Gasteiger partial charge in [0.05, 0.1) is 14.2 Å². The first kappa shape index (κ1) is 22.2. The Morgan fingerprint density at radius 1 is 1.06 bits per heavy atom. The quantitative estimate of drug-likeness (QED) is 0.471. The number of hydrogen-bond acceptors (Lipinski definition) is 5. The van der Waals surface area contributed by atoms with E-state index in [-0.39, 0.29) is 18.4 Å². The highest BCUT2D eigenvalue weighted by Crippen LogP contribution is 2.45. The van der Waals surface area contributed by atoms with Crippen LogP contribution in [0.3, 0.4) is 0 Å². The molecule has 2 aliphatic rings. The molecule has 6 rings (SSSR count). The van der Waals surface area contributed by atoms with Crippen LogP contribution >= 0.6 is 0 Å². The van der Waals surface area contributed by atoms with E-state index in [4.69, 9.17) is 9.47 Å². The Balaban J connectivity index is 1.50. The van der Waals surface area contributed by atoms with Crippen molar-refractivity contribution in [1.82, 2.24) is 19.8 Å². The molecule has 1 saturated heterocycles. The number of methoxy groups -OCH3 is 2. The minimum atomic E-state index is -0.629. The first-order valence-electron chi connectivity index (χ1n) is 11.9. The summed E-state index contributed by atoms with van der Waals surface area (Å²) in [6.07, 6.45) is 3.86. The molecule has 182 valence electrons. The predicted octanol–water partition coefficient (Wildman–Crippen LogP) is 3.47. The number of hydrogen-bond donors (Lipinski definition) is 1. The zero-order valence-corrected chi connectivity index (χ0v) is 20.1. The van der Waals surface area contributed by atoms with E-state index < -0.39 is 12.1 Å². The van der Waals surface area contributed by atoms with Gasteiger partial charge in [0.25, 0.3) is 0 Å². The standard InChI is InChI=1S/C28H26N4O4/c1-35-18-9-10-24(36-2)21(12-18)27-26-20(19-7-3-4-8-22(19)30-26)13-23-28(34)31(16-25(33)32(23)27)15-17-6-5-11-29-14-17/h3-12,14,23,27,30H,13,15-16H2,1-2H3/t23-,27+/m0/s1. The van der Waals surface area contributed by atoms with Crippen molar-refractivity contribution in [2.45, 2.75) is 25.0 Å². The van der Waals surface area contributed by atoms with Crippen molar-refractivity contribution in [2.24, 2.45) is 0 Å². The van der Waals surface area contributed by atoms with Gasteiger partial charge in [-0.3, -0.25) is 14.6 Å². The molecule has 0 bridgehead atoms. The molecule has 0 unspecified atom stereocenters. The summed E-state index contributed by atoms with van der Waals surface area (Å²) < 4.78 is 11.2. The number of fused-ring (bicyclic) bond motifs is 4. The fourth-order valence-electron chi connectivity index (χ4n) is 5.55. The average Bonchev–Trinajstić information content (AvgIpc) is 3.29. The molecule has 0 radical (unpaired) electrons. The number of aromatic amines is 1. The van der Waals surface area contributed by atoms with Gasteiger partial charge in [0.2, 0.25) is 11.8 Å². The number of benzene rings is 2. The lowest BCUT2D eigenvalue weighted by Crippen LogP contribution is -2.62. The number of carbonyl (C=O) groups is 2. The average molecular weight is 483 g/mol. The Morgan fingerprint density at radius 3 is 2.69 bits per heavy atom. The van der Waals surface area contributed by atoms with Gasteiger partial charge < -0.3 is 24.3 Å². The maximum atomic E-state index is 13.9. The number of pyridine rings is 1. The summed E-state index contributed by atoms with van der Waals surface area (Å²) >= 11 is 0. The lowest BCUT2D eigenvalue weighted by Gasteiger charge is -2.47. The summed E-state index contributed by atoms with van der Waals surface area (Å²) in [6, 6.07) is 16.2. The van der Waals surface area contributed by atoms with Crippen LogP contribution in [0.1, 0.15) is 28.4 Å². The third-order valence-corrected chi connectivity index (χ3v) is 7.17. The molecule has 2 aromatic heterocycles. The van der Waals surface area contributed by atoms with E-state index in [9.17, 15) is 9.59 Å². The van der Waals surface area contributed by atoms with Gasteiger partial charge in [-0.1, -0.05) is 24.3 Å². The Kier molecular flexibility index (Phi) is 5.36. The highest BCUT2D eigenvalue weighted by Gasteiger charge is 2.48. The number of rotatable bonds is 5. The maximum Gasteiger partial charge on any atom is 0.246 e. The van der Waals surface area contributed by atoms with Crippen molar-refractivity contribution in [3.63, 3.8) is 0 Å². The fraction of sp³-hybridized carbons (Fsp3) is 0.250. The molecular formula is C28H26N4O4. The van der Waals surface area contributed by atoms with Gasteiger partial charge in [0.1, 0.15) is 30.1 Å². The van der Waals surface area contributed by atoms with Crippen LogP contribution in [-0.4, -0.2) is 58.4 Å². The number of carbonyl (C=O) groups excluding carboxylic acids is 2. The number of H-pyrrole nitrogens is 1. The Hall–Kier alpha value is -4.33. The molecule has 2 atom stereocenters. The normalized spacial score (nSPS) is 19.3. The third-order valence-electron chi connectivity index (χ3n) is 7.17. The van der Waals surface area contributed by atoms with Crippen molar-refractivity contribution in [2.75, 3.05) is 20.8 Å². The fourth-order valence-corrected chi connectivity index (χ4v) is 5.55. The van der Waals surface area contributed by atoms with Crippen LogP contribution < -0.4 is 9.47 Å². The van der Waals surface area contributed by atoms with E-state index in [1.54, 1.807) is 36.4 Å². The van der Waals surface area contributed by atoms with Crippen molar-refractivity contribution in [3.05, 3.63) is 89.4 Å². The molecule has 8 heteroatoms. The Labute approximate surface area is 208 Å². The van der Waals surface area contributed by atoms with Crippen molar-refractivity contribution in [3.8, 4) is 11.5 Å². The highest BCUT2D eigenvalue weighted by molar-refractivity contribution is 5.97. The second kappa shape index (κ2) is 8.71.